The van der Waals surface area contributed by atoms with Crippen molar-refractivity contribution in [3.63, 3.8) is 0 Å². The number of ether oxygens (including phenoxy) is 2. The molecule has 0 fully saturated rings. The third-order valence-electron chi connectivity index (χ3n) is 3.28. The lowest BCUT2D eigenvalue weighted by atomic mass is 10.2. The number of hydrogen-bond acceptors (Lipinski definition) is 5. The number of nitrogens with zero attached hydrogens (tertiary/aromatic N) is 1. The molecule has 0 unspecified atom stereocenters. The highest BCUT2D eigenvalue weighted by atomic mass is 16.5. The molecule has 3 aromatic rings. The molecule has 0 atom stereocenters. The van der Waals surface area contributed by atoms with E-state index in [4.69, 9.17) is 13.9 Å². The molecule has 1 aromatic heterocycles. The first kappa shape index (κ1) is 13.9. The van der Waals surface area contributed by atoms with E-state index in [1.54, 1.807) is 37.4 Å². The molecule has 22 heavy (non-hydrogen) atoms. The van der Waals surface area contributed by atoms with Gasteiger partial charge in [-0.25, -0.2) is 9.78 Å². The summed E-state index contributed by atoms with van der Waals surface area (Å²) < 4.78 is 16.1. The lowest BCUT2D eigenvalue weighted by Crippen LogP contribution is -1.96. The number of para-hydroxylation sites is 1. The van der Waals surface area contributed by atoms with Crippen LogP contribution in [0.1, 0.15) is 10.4 Å². The number of aromatic nitrogens is 1. The van der Waals surface area contributed by atoms with E-state index in [0.717, 1.165) is 0 Å². The standard InChI is InChI=1S/C16H13NO5/c1-20-11-7-6-9(8-13(11)21-2)15-17-14-10(16(18)19)4-3-5-12(14)22-15/h3-8H,1-2H3,(H,18,19). The quantitative estimate of drug-likeness (QED) is 0.796. The fourth-order valence-corrected chi connectivity index (χ4v) is 2.21. The summed E-state index contributed by atoms with van der Waals surface area (Å²) in [5.74, 6) is 0.414. The third kappa shape index (κ3) is 2.24. The second-order valence-corrected chi connectivity index (χ2v) is 4.55. The lowest BCUT2D eigenvalue weighted by molar-refractivity contribution is 0.0699. The van der Waals surface area contributed by atoms with Crippen molar-refractivity contribution in [2.45, 2.75) is 0 Å². The molecule has 0 spiro atoms. The summed E-state index contributed by atoms with van der Waals surface area (Å²) in [6.07, 6.45) is 0. The summed E-state index contributed by atoms with van der Waals surface area (Å²) in [6.45, 7) is 0. The molecule has 1 heterocycles. The van der Waals surface area contributed by atoms with Crippen molar-refractivity contribution in [2.75, 3.05) is 14.2 Å². The highest BCUT2D eigenvalue weighted by Crippen LogP contribution is 2.33. The number of aromatic carboxylic acids is 1. The van der Waals surface area contributed by atoms with Gasteiger partial charge in [0, 0.05) is 5.56 Å². The second-order valence-electron chi connectivity index (χ2n) is 4.55. The Balaban J connectivity index is 2.15. The fourth-order valence-electron chi connectivity index (χ4n) is 2.21. The molecule has 0 bridgehead atoms. The predicted molar refractivity (Wildman–Crippen MR) is 79.5 cm³/mol. The van der Waals surface area contributed by atoms with Crippen molar-refractivity contribution in [1.82, 2.24) is 4.98 Å². The molecule has 6 heteroatoms. The van der Waals surface area contributed by atoms with Gasteiger partial charge < -0.3 is 19.0 Å². The minimum atomic E-state index is -1.04. The number of benzene rings is 2. The maximum Gasteiger partial charge on any atom is 0.338 e. The first-order chi connectivity index (χ1) is 10.6. The summed E-state index contributed by atoms with van der Waals surface area (Å²) in [5.41, 5.74) is 1.52. The fraction of sp³-hybridized carbons (Fsp3) is 0.125. The van der Waals surface area contributed by atoms with E-state index in [-0.39, 0.29) is 5.56 Å². The molecule has 0 amide bonds. The van der Waals surface area contributed by atoms with Crippen LogP contribution >= 0.6 is 0 Å². The van der Waals surface area contributed by atoms with E-state index in [1.165, 1.54) is 13.2 Å². The number of methoxy groups -OCH3 is 2. The summed E-state index contributed by atoms with van der Waals surface area (Å²) in [7, 11) is 3.09. The van der Waals surface area contributed by atoms with Crippen molar-refractivity contribution < 1.29 is 23.8 Å². The Bertz CT molecular complexity index is 853. The van der Waals surface area contributed by atoms with Crippen LogP contribution in [0.3, 0.4) is 0 Å². The highest BCUT2D eigenvalue weighted by Gasteiger charge is 2.16. The monoisotopic (exact) mass is 299 g/mol. The predicted octanol–water partition coefficient (Wildman–Crippen LogP) is 3.21. The molecule has 6 nitrogen and oxygen atoms in total. The van der Waals surface area contributed by atoms with Gasteiger partial charge in [0.25, 0.3) is 0 Å². The Morgan fingerprint density at radius 1 is 1.14 bits per heavy atom. The van der Waals surface area contributed by atoms with Crippen LogP contribution in [0, 0.1) is 0 Å². The molecule has 0 radical (unpaired) electrons. The Kier molecular flexibility index (Phi) is 3.42. The molecule has 1 N–H and O–H groups in total. The zero-order valence-electron chi connectivity index (χ0n) is 12.0. The van der Waals surface area contributed by atoms with Crippen LogP contribution in [0.5, 0.6) is 11.5 Å². The van der Waals surface area contributed by atoms with Crippen molar-refractivity contribution in [3.8, 4) is 23.0 Å². The van der Waals surface area contributed by atoms with Gasteiger partial charge in [-0.2, -0.15) is 0 Å². The van der Waals surface area contributed by atoms with Crippen LogP contribution in [0.4, 0.5) is 0 Å². The minimum Gasteiger partial charge on any atom is -0.493 e. The molecule has 0 aliphatic rings. The van der Waals surface area contributed by atoms with Crippen molar-refractivity contribution in [1.29, 1.82) is 0 Å². The van der Waals surface area contributed by atoms with Gasteiger partial charge in [0.1, 0.15) is 5.52 Å². The van der Waals surface area contributed by atoms with Gasteiger partial charge in [-0.1, -0.05) is 6.07 Å². The molecule has 0 aliphatic carbocycles. The SMILES string of the molecule is COc1ccc(-c2nc3c(C(=O)O)cccc3o2)cc1OC. The van der Waals surface area contributed by atoms with E-state index >= 15 is 0 Å². The normalized spacial score (nSPS) is 10.6. The van der Waals surface area contributed by atoms with Gasteiger partial charge in [0.05, 0.1) is 19.8 Å². The van der Waals surface area contributed by atoms with E-state index in [9.17, 15) is 9.90 Å². The number of oxazole rings is 1. The molecule has 3 rings (SSSR count). The van der Waals surface area contributed by atoms with Crippen LogP contribution in [0.15, 0.2) is 40.8 Å². The van der Waals surface area contributed by atoms with E-state index in [0.29, 0.717) is 34.1 Å². The van der Waals surface area contributed by atoms with Crippen LogP contribution in [0.2, 0.25) is 0 Å². The molecule has 2 aromatic carbocycles. The average Bonchev–Trinajstić information content (AvgIpc) is 2.97. The number of carboxylic acids is 1. The topological polar surface area (TPSA) is 81.8 Å². The molecule has 0 saturated carbocycles. The van der Waals surface area contributed by atoms with E-state index < -0.39 is 5.97 Å². The van der Waals surface area contributed by atoms with Crippen molar-refractivity contribution in [3.05, 3.63) is 42.0 Å². The van der Waals surface area contributed by atoms with Crippen molar-refractivity contribution in [2.24, 2.45) is 0 Å². The zero-order chi connectivity index (χ0) is 15.7. The number of hydrogen-bond donors (Lipinski definition) is 1. The smallest absolute Gasteiger partial charge is 0.338 e. The number of carboxylic acid groups (broad SMARTS) is 1. The largest absolute Gasteiger partial charge is 0.493 e. The first-order valence-corrected chi connectivity index (χ1v) is 6.49. The van der Waals surface area contributed by atoms with Gasteiger partial charge >= 0.3 is 5.97 Å². The maximum atomic E-state index is 11.2. The Hall–Kier alpha value is -3.02. The molecule has 112 valence electrons. The van der Waals surface area contributed by atoms with E-state index in [2.05, 4.69) is 4.98 Å². The Morgan fingerprint density at radius 3 is 2.59 bits per heavy atom. The molecular formula is C16H13NO5. The Labute approximate surface area is 125 Å². The van der Waals surface area contributed by atoms with Gasteiger partial charge in [-0.15, -0.1) is 0 Å². The van der Waals surface area contributed by atoms with Crippen LogP contribution < -0.4 is 9.47 Å². The third-order valence-corrected chi connectivity index (χ3v) is 3.28. The van der Waals surface area contributed by atoms with Crippen LogP contribution in [-0.2, 0) is 0 Å². The van der Waals surface area contributed by atoms with Gasteiger partial charge in [0.2, 0.25) is 5.89 Å². The summed E-state index contributed by atoms with van der Waals surface area (Å²) >= 11 is 0. The lowest BCUT2D eigenvalue weighted by Gasteiger charge is -2.07. The minimum absolute atomic E-state index is 0.105. The molecular weight excluding hydrogens is 286 g/mol. The van der Waals surface area contributed by atoms with Gasteiger partial charge in [-0.05, 0) is 30.3 Å². The highest BCUT2D eigenvalue weighted by molar-refractivity contribution is 6.00. The Morgan fingerprint density at radius 2 is 1.91 bits per heavy atom. The second kappa shape index (κ2) is 5.40. The van der Waals surface area contributed by atoms with Crippen molar-refractivity contribution >= 4 is 17.1 Å². The number of fused-ring (bicyclic) bond motifs is 1. The number of carbonyl (C=O) groups is 1. The average molecular weight is 299 g/mol. The van der Waals surface area contributed by atoms with E-state index in [1.807, 2.05) is 0 Å². The van der Waals surface area contributed by atoms with Gasteiger partial charge in [0.15, 0.2) is 17.1 Å². The first-order valence-electron chi connectivity index (χ1n) is 6.49. The summed E-state index contributed by atoms with van der Waals surface area (Å²) in [4.78, 5) is 15.5. The molecule has 0 saturated heterocycles. The van der Waals surface area contributed by atoms with Crippen LogP contribution in [-0.4, -0.2) is 30.3 Å². The summed E-state index contributed by atoms with van der Waals surface area (Å²) in [6, 6.07) is 10.0. The molecule has 0 aliphatic heterocycles. The maximum absolute atomic E-state index is 11.2. The summed E-state index contributed by atoms with van der Waals surface area (Å²) in [5, 5.41) is 9.19. The zero-order valence-corrected chi connectivity index (χ0v) is 12.0. The number of rotatable bonds is 4. The van der Waals surface area contributed by atoms with Crippen LogP contribution in [0.25, 0.3) is 22.6 Å². The van der Waals surface area contributed by atoms with Gasteiger partial charge in [-0.3, -0.25) is 0 Å².